The van der Waals surface area contributed by atoms with Crippen molar-refractivity contribution in [2.45, 2.75) is 159 Å². The van der Waals surface area contributed by atoms with Gasteiger partial charge in [-0.25, -0.2) is 19.6 Å². The number of aromatic amines is 2. The van der Waals surface area contributed by atoms with Gasteiger partial charge in [0.2, 0.25) is 65.4 Å². The molecule has 7 rings (SSSR count). The highest BCUT2D eigenvalue weighted by atomic mass is 16.5. The molecule has 4 aromatic carbocycles. The summed E-state index contributed by atoms with van der Waals surface area (Å²) >= 11 is 0. The van der Waals surface area contributed by atoms with Crippen LogP contribution in [0.1, 0.15) is 94.5 Å². The number of fused-ring (bicyclic) bond motifs is 1. The molecule has 1 aliphatic heterocycles. The van der Waals surface area contributed by atoms with Gasteiger partial charge >= 0.3 is 12.0 Å². The molecule has 37 nitrogen and oxygen atoms in total. The van der Waals surface area contributed by atoms with E-state index >= 15 is 0 Å². The van der Waals surface area contributed by atoms with Gasteiger partial charge in [-0.15, -0.1) is 6.42 Å². The first-order chi connectivity index (χ1) is 53.1. The molecule has 111 heavy (non-hydrogen) atoms. The minimum atomic E-state index is -1.67. The van der Waals surface area contributed by atoms with Gasteiger partial charge in [0.25, 0.3) is 0 Å². The predicted octanol–water partition coefficient (Wildman–Crippen LogP) is -1.76. The Morgan fingerprint density at radius 1 is 0.658 bits per heavy atom. The van der Waals surface area contributed by atoms with E-state index in [1.807, 2.05) is 24.3 Å². The van der Waals surface area contributed by atoms with E-state index < -0.39 is 169 Å². The van der Waals surface area contributed by atoms with Gasteiger partial charge in [-0.1, -0.05) is 81.3 Å². The summed E-state index contributed by atoms with van der Waals surface area (Å²) in [7, 11) is 0. The number of phenolic OH excluding ortho intramolecular Hbond substituents is 1. The van der Waals surface area contributed by atoms with Crippen molar-refractivity contribution in [3.8, 4) is 23.8 Å². The molecule has 12 amide bonds. The third-order valence-electron chi connectivity index (χ3n) is 17.9. The maximum absolute atomic E-state index is 14.8. The molecule has 3 heterocycles. The number of nitrogens with zero attached hydrogens (tertiary/aromatic N) is 3. The lowest BCUT2D eigenvalue weighted by Crippen LogP contribution is -2.60. The van der Waals surface area contributed by atoms with Crippen LogP contribution in [-0.2, 0) is 78.4 Å². The maximum atomic E-state index is 14.8. The Hall–Kier alpha value is -12.7. The lowest BCUT2D eigenvalue weighted by atomic mass is 10.0. The molecule has 1 fully saturated rings. The number of phenols is 1. The van der Waals surface area contributed by atoms with Gasteiger partial charge in [0.05, 0.1) is 18.9 Å². The number of rotatable bonds is 44. The second-order valence-corrected chi connectivity index (χ2v) is 26.6. The summed E-state index contributed by atoms with van der Waals surface area (Å²) < 4.78 is 5.38. The van der Waals surface area contributed by atoms with Crippen LogP contribution in [-0.4, -0.2) is 194 Å². The zero-order valence-corrected chi connectivity index (χ0v) is 61.5. The van der Waals surface area contributed by atoms with Crippen LogP contribution >= 0.6 is 0 Å². The van der Waals surface area contributed by atoms with Gasteiger partial charge in [-0.05, 0) is 117 Å². The third kappa shape index (κ3) is 25.8. The first-order valence-corrected chi connectivity index (χ1v) is 35.9. The molecular weight excluding hydrogens is 1440 g/mol. The number of aromatic hydroxyl groups is 1. The normalized spacial score (nSPS) is 15.0. The van der Waals surface area contributed by atoms with Crippen LogP contribution in [0.2, 0.25) is 0 Å². The smallest absolute Gasteiger partial charge is 0.347 e. The number of urea groups is 1. The number of imidazole rings is 1. The molecule has 10 atom stereocenters. The molecule has 0 bridgehead atoms. The lowest BCUT2D eigenvalue weighted by Gasteiger charge is -2.28. The molecule has 1 aliphatic rings. The van der Waals surface area contributed by atoms with E-state index in [1.165, 1.54) is 55.0 Å². The molecule has 0 radical (unpaired) electrons. The van der Waals surface area contributed by atoms with E-state index in [9.17, 15) is 72.9 Å². The highest BCUT2D eigenvalue weighted by Crippen LogP contribution is 2.33. The number of aromatic nitrogens is 3. The Kier molecular flexibility index (Phi) is 32.5. The topological polar surface area (TPSA) is 586 Å². The largest absolute Gasteiger partial charge is 0.506 e. The number of aliphatic carboxylic acids is 1. The summed E-state index contributed by atoms with van der Waals surface area (Å²) in [6, 6.07) is 11.7. The first kappa shape index (κ1) is 85.6. The van der Waals surface area contributed by atoms with Gasteiger partial charge in [0, 0.05) is 73.3 Å². The number of unbranched alkanes of at least 4 members (excludes halogenated alkanes) is 1. The van der Waals surface area contributed by atoms with Crippen molar-refractivity contribution in [1.29, 1.82) is 5.41 Å². The zero-order valence-electron chi connectivity index (χ0n) is 61.5. The summed E-state index contributed by atoms with van der Waals surface area (Å²) in [5.41, 5.74) is 28.2. The Morgan fingerprint density at radius 3 is 1.84 bits per heavy atom. The number of aliphatic hydroxyl groups excluding tert-OH is 1. The van der Waals surface area contributed by atoms with Gasteiger partial charge < -0.3 is 106 Å². The third-order valence-corrected chi connectivity index (χ3v) is 17.9. The predicted molar refractivity (Wildman–Crippen MR) is 406 cm³/mol. The number of amides is 12. The van der Waals surface area contributed by atoms with Crippen LogP contribution in [0.15, 0.2) is 116 Å². The number of para-hydroxylation sites is 1. The van der Waals surface area contributed by atoms with Crippen LogP contribution in [0.5, 0.6) is 11.5 Å². The molecule has 1 saturated heterocycles. The molecule has 6 aromatic rings. The minimum absolute atomic E-state index is 0.00978. The summed E-state index contributed by atoms with van der Waals surface area (Å²) in [5.74, 6) is -8.84. The van der Waals surface area contributed by atoms with E-state index in [-0.39, 0.29) is 93.9 Å². The van der Waals surface area contributed by atoms with E-state index in [1.54, 1.807) is 57.3 Å². The monoisotopic (exact) mass is 1540 g/mol. The highest BCUT2D eigenvalue weighted by Gasteiger charge is 2.40. The van der Waals surface area contributed by atoms with Crippen LogP contribution in [0.25, 0.3) is 10.9 Å². The molecule has 10 unspecified atom stereocenters. The number of hydrogen-bond donors (Lipinski definition) is 21. The van der Waals surface area contributed by atoms with E-state index in [0.717, 1.165) is 20.8 Å². The summed E-state index contributed by atoms with van der Waals surface area (Å²) in [6.07, 6.45) is 6.54. The molecular formula is C74H97N21O16. The van der Waals surface area contributed by atoms with Crippen LogP contribution < -0.4 is 96.2 Å². The summed E-state index contributed by atoms with van der Waals surface area (Å²) in [5, 5.41) is 67.5. The number of nitrogens with one attached hydrogen (secondary N) is 14. The van der Waals surface area contributed by atoms with Crippen molar-refractivity contribution in [2.75, 3.05) is 36.1 Å². The number of nitrogens with two attached hydrogens (primary N) is 4. The summed E-state index contributed by atoms with van der Waals surface area (Å²) in [6.45, 7) is 4.38. The van der Waals surface area contributed by atoms with Crippen molar-refractivity contribution >= 4 is 99.3 Å². The number of carbonyl (C=O) groups is 12. The van der Waals surface area contributed by atoms with Gasteiger partial charge in [-0.2, -0.15) is 5.43 Å². The number of terminal acetylenes is 1. The second-order valence-electron chi connectivity index (χ2n) is 26.6. The van der Waals surface area contributed by atoms with E-state index in [2.05, 4.69) is 79.5 Å². The Bertz CT molecular complexity index is 4270. The number of hydrogen-bond acceptors (Lipinski definition) is 20. The quantitative estimate of drug-likeness (QED) is 0.00872. The second kappa shape index (κ2) is 42.2. The number of hydrazine groups is 1. The zero-order chi connectivity index (χ0) is 80.8. The Labute approximate surface area is 638 Å². The lowest BCUT2D eigenvalue weighted by molar-refractivity contribution is -0.141. The molecule has 594 valence electrons. The number of carboxylic acid groups (broad SMARTS) is 1. The highest BCUT2D eigenvalue weighted by molar-refractivity contribution is 6.06. The van der Waals surface area contributed by atoms with Crippen molar-refractivity contribution in [3.63, 3.8) is 0 Å². The number of aliphatic hydroxyl groups is 1. The number of carboxylic acids is 1. The number of guanidine groups is 1. The molecule has 0 spiro atoms. The SMILES string of the molecule is C#CCOc1ccc(N2C(=O)N(c3cc(CC(NC(=O)CNC(=O)C(Cc4ccccc4)NC(=O)C(Cc4cnc[nH]4)NC(=O)C(CCCNC(=N)N)NC(=O)C(CCCCN)NC(=O)C(CCC(N)=O)NC(=O)C(CC)NC(=O)C(Cc4c[nH]c5ccccc45)NC(=O)C(N)C(C)C)C(=O)O)ccc3O)NC2O)cc1. The van der Waals surface area contributed by atoms with E-state index in [0.29, 0.717) is 29.0 Å². The number of benzene rings is 4. The fraction of sp³-hybridized carbons (Fsp3) is 0.405. The molecule has 37 heteroatoms. The van der Waals surface area contributed by atoms with Crippen LogP contribution in [0.3, 0.4) is 0 Å². The van der Waals surface area contributed by atoms with Crippen LogP contribution in [0, 0.1) is 23.7 Å². The first-order valence-electron chi connectivity index (χ1n) is 35.9. The van der Waals surface area contributed by atoms with E-state index in [4.69, 9.17) is 39.5 Å². The molecule has 2 aromatic heterocycles. The number of carbonyl (C=O) groups excluding carboxylic acids is 11. The van der Waals surface area contributed by atoms with Gasteiger partial charge in [-0.3, -0.25) is 58.3 Å². The summed E-state index contributed by atoms with van der Waals surface area (Å²) in [4.78, 5) is 179. The number of ether oxygens (including phenoxy) is 1. The maximum Gasteiger partial charge on any atom is 0.347 e. The van der Waals surface area contributed by atoms with Gasteiger partial charge in [0.15, 0.2) is 5.96 Å². The van der Waals surface area contributed by atoms with Crippen LogP contribution in [0.4, 0.5) is 16.2 Å². The van der Waals surface area contributed by atoms with Crippen molar-refractivity contribution in [2.24, 2.45) is 28.9 Å². The Morgan fingerprint density at radius 2 is 1.23 bits per heavy atom. The number of primary amides is 1. The van der Waals surface area contributed by atoms with Gasteiger partial charge in [0.1, 0.15) is 72.1 Å². The standard InChI is InChI=1S/C74H97N21O16/c1-5-31-111-47-24-22-46(23-25-47)94-73(109)93-95(74(94)110)58-34-43(21-27-59(58)96)33-57(71(107)108)85-61(98)39-83-63(99)54(32-42-15-8-7-9-16-42)90-69(105)56(36-45-38-80-40-84-45)91-66(102)52(20-14-30-81-72(78)79)88-65(101)51(19-12-13-29-75)87-67(103)53(26-28-60(76)97)89-64(100)49(6-2)86-68(104)55(92-70(106)62(77)41(3)4)35-44-37-82-50-18-11-10-17-48(44)50/h1,7-11,15-18,21-25,27,34,37-38,40-41,49,51-57,62,73,82,93,96,109H,6,12-14,19-20,26,28-33,35-36,39,75,77H2,2-4H3,(H2,76,97)(H,80,84)(H,83,99)(H,85,98)(H,86,104)(H,87,103)(H,88,101)(H,89,100)(H,90,105)(H,91,102)(H,92,106)(H,107,108)(H4,78,79,81). The molecule has 25 N–H and O–H groups in total. The minimum Gasteiger partial charge on any atom is -0.506 e. The molecule has 0 aliphatic carbocycles. The van der Waals surface area contributed by atoms with Crippen molar-refractivity contribution in [1.82, 2.24) is 73.5 Å². The fourth-order valence-electron chi connectivity index (χ4n) is 11.8. The number of H-pyrrole nitrogens is 2. The molecule has 0 saturated carbocycles. The fourth-order valence-corrected chi connectivity index (χ4v) is 11.8. The van der Waals surface area contributed by atoms with Crippen molar-refractivity contribution in [3.05, 3.63) is 138 Å². The van der Waals surface area contributed by atoms with Crippen molar-refractivity contribution < 1.29 is 77.6 Å². The average Bonchev–Trinajstić information content (AvgIpc) is 1.64. The number of anilines is 2. The Balaban J connectivity index is 1.05. The average molecular weight is 1540 g/mol.